The Kier molecular flexibility index (Phi) is 5.91. The first-order valence-corrected chi connectivity index (χ1v) is 10.9. The van der Waals surface area contributed by atoms with Crippen molar-refractivity contribution in [2.24, 2.45) is 0 Å². The normalized spacial score (nSPS) is 10.9. The topological polar surface area (TPSA) is 72.7 Å². The number of nitrogens with one attached hydrogen (secondary N) is 1. The summed E-state index contributed by atoms with van der Waals surface area (Å²) in [4.78, 5) is 16.8. The molecule has 0 unspecified atom stereocenters. The number of rotatable bonds is 6. The molecule has 2 aromatic carbocycles. The van der Waals surface area contributed by atoms with E-state index in [0.717, 1.165) is 21.4 Å². The zero-order valence-electron chi connectivity index (χ0n) is 16.3. The molecule has 1 amide bonds. The predicted octanol–water partition coefficient (Wildman–Crippen LogP) is 5.02. The second kappa shape index (κ2) is 8.76. The molecule has 0 saturated carbocycles. The van der Waals surface area contributed by atoms with Crippen molar-refractivity contribution in [1.29, 1.82) is 0 Å². The van der Waals surface area contributed by atoms with Crippen molar-refractivity contribution in [3.63, 3.8) is 0 Å². The molecule has 0 aliphatic carbocycles. The zero-order valence-corrected chi connectivity index (χ0v) is 17.9. The number of benzene rings is 2. The Morgan fingerprint density at radius 2 is 1.97 bits per heavy atom. The van der Waals surface area contributed by atoms with Crippen molar-refractivity contribution >= 4 is 34.7 Å². The van der Waals surface area contributed by atoms with Gasteiger partial charge < -0.3 is 5.32 Å². The van der Waals surface area contributed by atoms with E-state index < -0.39 is 0 Å². The smallest absolute Gasteiger partial charge is 0.286 e. The molecule has 0 radical (unpaired) electrons. The summed E-state index contributed by atoms with van der Waals surface area (Å²) in [5.41, 5.74) is 3.94. The average molecular weight is 440 g/mol. The van der Waals surface area contributed by atoms with Crippen LogP contribution in [0.3, 0.4) is 0 Å². The minimum atomic E-state index is -0.368. The minimum absolute atomic E-state index is 0.257. The molecule has 0 saturated heterocycles. The highest BCUT2D eigenvalue weighted by Crippen LogP contribution is 2.27. The molecule has 0 aliphatic heterocycles. The molecule has 6 nitrogen and oxygen atoms in total. The number of carbonyl (C=O) groups excluding carboxylic acids is 1. The Morgan fingerprint density at radius 3 is 2.77 bits per heavy atom. The molecule has 152 valence electrons. The quantitative estimate of drug-likeness (QED) is 0.427. The van der Waals surface area contributed by atoms with E-state index in [-0.39, 0.29) is 16.7 Å². The molecule has 0 fully saturated rings. The summed E-state index contributed by atoms with van der Waals surface area (Å²) in [6.45, 7) is 4.13. The van der Waals surface area contributed by atoms with Gasteiger partial charge in [0, 0.05) is 18.1 Å². The van der Waals surface area contributed by atoms with Crippen molar-refractivity contribution in [2.45, 2.75) is 24.8 Å². The van der Waals surface area contributed by atoms with Gasteiger partial charge in [0.2, 0.25) is 5.01 Å². The van der Waals surface area contributed by atoms with Gasteiger partial charge in [-0.2, -0.15) is 0 Å². The number of hydrogen-bond acceptors (Lipinski definition) is 6. The molecule has 9 heteroatoms. The summed E-state index contributed by atoms with van der Waals surface area (Å²) >= 11 is 2.76. The van der Waals surface area contributed by atoms with Gasteiger partial charge >= 0.3 is 0 Å². The number of amides is 1. The maximum atomic E-state index is 13.0. The Bertz CT molecular complexity index is 1190. The molecule has 4 aromatic rings. The summed E-state index contributed by atoms with van der Waals surface area (Å²) in [7, 11) is 0. The van der Waals surface area contributed by atoms with Crippen molar-refractivity contribution in [2.75, 3.05) is 5.32 Å². The highest BCUT2D eigenvalue weighted by Gasteiger charge is 2.15. The number of carbonyl (C=O) groups is 1. The van der Waals surface area contributed by atoms with E-state index in [9.17, 15) is 9.18 Å². The van der Waals surface area contributed by atoms with E-state index in [4.69, 9.17) is 0 Å². The lowest BCUT2D eigenvalue weighted by Crippen LogP contribution is -2.11. The van der Waals surface area contributed by atoms with Gasteiger partial charge in [-0.1, -0.05) is 35.2 Å². The Hall–Kier alpha value is -3.04. The number of hydrogen-bond donors (Lipinski definition) is 1. The van der Waals surface area contributed by atoms with Crippen LogP contribution in [-0.4, -0.2) is 25.7 Å². The van der Waals surface area contributed by atoms with Crippen molar-refractivity contribution < 1.29 is 9.18 Å². The monoisotopic (exact) mass is 439 g/mol. The number of anilines is 1. The highest BCUT2D eigenvalue weighted by molar-refractivity contribution is 7.98. The summed E-state index contributed by atoms with van der Waals surface area (Å²) in [6.07, 6.45) is 3.71. The first-order chi connectivity index (χ1) is 14.5. The van der Waals surface area contributed by atoms with Gasteiger partial charge in [0.1, 0.15) is 10.8 Å². The van der Waals surface area contributed by atoms with Crippen LogP contribution in [0, 0.1) is 19.7 Å². The summed E-state index contributed by atoms with van der Waals surface area (Å²) in [6, 6.07) is 11.9. The summed E-state index contributed by atoms with van der Waals surface area (Å²) in [5, 5.41) is 12.6. The van der Waals surface area contributed by atoms with Gasteiger partial charge in [0.05, 0.1) is 11.4 Å². The number of nitrogens with zero attached hydrogens (tertiary/aromatic N) is 4. The van der Waals surface area contributed by atoms with E-state index in [1.165, 1.54) is 52.9 Å². The Balaban J connectivity index is 1.43. The molecule has 2 aromatic heterocycles. The molecular weight excluding hydrogens is 421 g/mol. The fourth-order valence-corrected chi connectivity index (χ4v) is 4.49. The van der Waals surface area contributed by atoms with Crippen molar-refractivity contribution in [3.8, 4) is 5.69 Å². The second-order valence-electron chi connectivity index (χ2n) is 6.62. The maximum Gasteiger partial charge on any atom is 0.286 e. The van der Waals surface area contributed by atoms with E-state index in [1.807, 2.05) is 6.20 Å². The SMILES string of the molecule is Cc1ccc(C)c(-n2ccnc2SCc2nnc(C(=O)Nc3ccc(F)cc3)s2)c1. The van der Waals surface area contributed by atoms with Gasteiger partial charge in [-0.15, -0.1) is 10.2 Å². The number of imidazole rings is 1. The largest absolute Gasteiger partial charge is 0.320 e. The number of thioether (sulfide) groups is 1. The third-order valence-electron chi connectivity index (χ3n) is 4.32. The minimum Gasteiger partial charge on any atom is -0.320 e. The molecule has 4 rings (SSSR count). The molecule has 0 spiro atoms. The van der Waals surface area contributed by atoms with Crippen molar-refractivity contribution in [3.05, 3.63) is 81.8 Å². The first kappa shape index (κ1) is 20.2. The molecule has 0 bridgehead atoms. The number of aromatic nitrogens is 4. The van der Waals surface area contributed by atoms with Crippen LogP contribution in [0.4, 0.5) is 10.1 Å². The van der Waals surface area contributed by atoms with Gasteiger partial charge in [-0.05, 0) is 55.3 Å². The lowest BCUT2D eigenvalue weighted by molar-refractivity contribution is 0.102. The number of aryl methyl sites for hydroxylation is 2. The third-order valence-corrected chi connectivity index (χ3v) is 6.40. The van der Waals surface area contributed by atoms with Crippen LogP contribution in [0.15, 0.2) is 60.0 Å². The molecular formula is C21H18FN5OS2. The lowest BCUT2D eigenvalue weighted by Gasteiger charge is -2.11. The zero-order chi connectivity index (χ0) is 21.1. The molecule has 0 atom stereocenters. The van der Waals surface area contributed by atoms with Crippen LogP contribution >= 0.6 is 23.1 Å². The first-order valence-electron chi connectivity index (χ1n) is 9.12. The fourth-order valence-electron chi connectivity index (χ4n) is 2.81. The highest BCUT2D eigenvalue weighted by atomic mass is 32.2. The number of halogens is 1. The van der Waals surface area contributed by atoms with Crippen LogP contribution in [0.5, 0.6) is 0 Å². The maximum absolute atomic E-state index is 13.0. The van der Waals surface area contributed by atoms with Crippen LogP contribution in [0.1, 0.15) is 25.9 Å². The predicted molar refractivity (Wildman–Crippen MR) is 117 cm³/mol. The summed E-state index contributed by atoms with van der Waals surface area (Å²) in [5.74, 6) is -0.182. The Morgan fingerprint density at radius 1 is 1.17 bits per heavy atom. The van der Waals surface area contributed by atoms with Crippen LogP contribution in [-0.2, 0) is 5.75 Å². The van der Waals surface area contributed by atoms with E-state index >= 15 is 0 Å². The van der Waals surface area contributed by atoms with Crippen LogP contribution in [0.2, 0.25) is 0 Å². The van der Waals surface area contributed by atoms with Gasteiger partial charge in [0.15, 0.2) is 5.16 Å². The van der Waals surface area contributed by atoms with E-state index in [0.29, 0.717) is 11.4 Å². The second-order valence-corrected chi connectivity index (χ2v) is 8.62. The fraction of sp³-hybridized carbons (Fsp3) is 0.143. The standard InChI is InChI=1S/C21H18FN5OS2/c1-13-3-4-14(2)17(11-13)27-10-9-23-21(27)29-12-18-25-26-20(30-18)19(28)24-16-7-5-15(22)6-8-16/h3-11H,12H2,1-2H3,(H,24,28). The summed E-state index contributed by atoms with van der Waals surface area (Å²) < 4.78 is 15.0. The van der Waals surface area contributed by atoms with Gasteiger partial charge in [-0.3, -0.25) is 9.36 Å². The van der Waals surface area contributed by atoms with Crippen molar-refractivity contribution in [1.82, 2.24) is 19.7 Å². The van der Waals surface area contributed by atoms with E-state index in [1.54, 1.807) is 6.20 Å². The van der Waals surface area contributed by atoms with Gasteiger partial charge in [-0.25, -0.2) is 9.37 Å². The molecule has 30 heavy (non-hydrogen) atoms. The molecule has 1 N–H and O–H groups in total. The lowest BCUT2D eigenvalue weighted by atomic mass is 10.1. The molecule has 0 aliphatic rings. The third kappa shape index (κ3) is 4.58. The molecule has 2 heterocycles. The van der Waals surface area contributed by atoms with Crippen LogP contribution in [0.25, 0.3) is 5.69 Å². The van der Waals surface area contributed by atoms with Crippen LogP contribution < -0.4 is 5.32 Å². The van der Waals surface area contributed by atoms with Gasteiger partial charge in [0.25, 0.3) is 5.91 Å². The Labute approximate surface area is 181 Å². The average Bonchev–Trinajstić information content (AvgIpc) is 3.39. The van der Waals surface area contributed by atoms with E-state index in [2.05, 4.69) is 57.1 Å².